The number of fused-ring (bicyclic) bond motifs is 1. The van der Waals surface area contributed by atoms with Crippen molar-refractivity contribution in [2.75, 3.05) is 6.54 Å². The molecule has 1 N–H and O–H groups in total. The maximum absolute atomic E-state index is 12.6. The molecule has 1 aliphatic heterocycles. The Kier molecular flexibility index (Phi) is 5.33. The zero-order chi connectivity index (χ0) is 22.5. The molecule has 0 aliphatic carbocycles. The highest BCUT2D eigenvalue weighted by molar-refractivity contribution is 9.11. The van der Waals surface area contributed by atoms with Crippen molar-refractivity contribution in [1.29, 1.82) is 0 Å². The van der Waals surface area contributed by atoms with Gasteiger partial charge in [0.25, 0.3) is 0 Å². The van der Waals surface area contributed by atoms with Crippen molar-refractivity contribution in [3.05, 3.63) is 52.5 Å². The number of nitrogens with one attached hydrogen (secondary N) is 1. The van der Waals surface area contributed by atoms with E-state index in [1.807, 2.05) is 43.8 Å². The van der Waals surface area contributed by atoms with E-state index < -0.39 is 5.60 Å². The molecule has 0 radical (unpaired) electrons. The van der Waals surface area contributed by atoms with E-state index in [0.29, 0.717) is 6.54 Å². The van der Waals surface area contributed by atoms with Gasteiger partial charge in [-0.25, -0.2) is 14.8 Å². The SMILES string of the molecule is CC(C)(C)OC(=O)N1CCC[C@H]1c1ncc(-c2ccc(-c3cn4cc(Br)sc4n3)cc2)[nH]1. The Hall–Kier alpha value is -2.65. The molecule has 1 aromatic carbocycles. The molecule has 0 bridgehead atoms. The molecule has 3 aromatic heterocycles. The number of carbonyl (C=O) groups is 1. The van der Waals surface area contributed by atoms with Gasteiger partial charge in [-0.3, -0.25) is 9.30 Å². The van der Waals surface area contributed by atoms with Gasteiger partial charge >= 0.3 is 6.09 Å². The number of thiazole rings is 1. The van der Waals surface area contributed by atoms with E-state index in [1.54, 1.807) is 16.2 Å². The summed E-state index contributed by atoms with van der Waals surface area (Å²) in [4.78, 5) is 28.0. The van der Waals surface area contributed by atoms with Crippen LogP contribution in [0.4, 0.5) is 4.79 Å². The number of hydrogen-bond donors (Lipinski definition) is 1. The average molecular weight is 514 g/mol. The van der Waals surface area contributed by atoms with Gasteiger partial charge in [0.15, 0.2) is 4.96 Å². The van der Waals surface area contributed by atoms with Crippen LogP contribution in [-0.2, 0) is 4.74 Å². The molecule has 1 atom stereocenters. The second kappa shape index (κ2) is 8.04. The van der Waals surface area contributed by atoms with Gasteiger partial charge in [-0.15, -0.1) is 0 Å². The molecule has 32 heavy (non-hydrogen) atoms. The van der Waals surface area contributed by atoms with Crippen LogP contribution in [0, 0.1) is 0 Å². The number of H-pyrrole nitrogens is 1. The first-order chi connectivity index (χ1) is 15.3. The van der Waals surface area contributed by atoms with E-state index in [0.717, 1.165) is 49.9 Å². The normalized spacial score (nSPS) is 16.8. The Morgan fingerprint density at radius 1 is 1.22 bits per heavy atom. The van der Waals surface area contributed by atoms with E-state index in [1.165, 1.54) is 0 Å². The number of hydrogen-bond acceptors (Lipinski definition) is 5. The number of aromatic nitrogens is 4. The third kappa shape index (κ3) is 4.19. The van der Waals surface area contributed by atoms with E-state index in [4.69, 9.17) is 9.72 Å². The summed E-state index contributed by atoms with van der Waals surface area (Å²) in [6.45, 7) is 6.34. The number of aromatic amines is 1. The second-order valence-electron chi connectivity index (χ2n) is 8.94. The number of likely N-dealkylation sites (tertiary alicyclic amines) is 1. The van der Waals surface area contributed by atoms with Crippen molar-refractivity contribution in [3.8, 4) is 22.5 Å². The largest absolute Gasteiger partial charge is 0.444 e. The molecule has 9 heteroatoms. The molecule has 1 fully saturated rings. The third-order valence-electron chi connectivity index (χ3n) is 5.41. The first-order valence-electron chi connectivity index (χ1n) is 10.6. The molecule has 1 aliphatic rings. The average Bonchev–Trinajstić information content (AvgIpc) is 3.49. The zero-order valence-electron chi connectivity index (χ0n) is 18.1. The molecule has 7 nitrogen and oxygen atoms in total. The number of imidazole rings is 2. The maximum Gasteiger partial charge on any atom is 0.410 e. The molecule has 4 heterocycles. The number of rotatable bonds is 3. The number of nitrogens with zero attached hydrogens (tertiary/aromatic N) is 4. The lowest BCUT2D eigenvalue weighted by Gasteiger charge is -2.27. The fourth-order valence-corrected chi connectivity index (χ4v) is 5.32. The quantitative estimate of drug-likeness (QED) is 0.349. The molecule has 1 saturated heterocycles. The molecule has 1 amide bonds. The highest BCUT2D eigenvalue weighted by Gasteiger charge is 2.34. The van der Waals surface area contributed by atoms with Gasteiger partial charge < -0.3 is 9.72 Å². The Labute approximate surface area is 198 Å². The summed E-state index contributed by atoms with van der Waals surface area (Å²) in [6.07, 6.45) is 7.41. The third-order valence-corrected chi connectivity index (χ3v) is 6.89. The lowest BCUT2D eigenvalue weighted by Crippen LogP contribution is -2.36. The molecule has 166 valence electrons. The van der Waals surface area contributed by atoms with Crippen LogP contribution >= 0.6 is 27.3 Å². The minimum Gasteiger partial charge on any atom is -0.444 e. The number of benzene rings is 1. The van der Waals surface area contributed by atoms with Crippen molar-refractivity contribution in [3.63, 3.8) is 0 Å². The van der Waals surface area contributed by atoms with E-state index >= 15 is 0 Å². The second-order valence-corrected chi connectivity index (χ2v) is 11.3. The number of amides is 1. The van der Waals surface area contributed by atoms with Gasteiger partial charge in [-0.05, 0) is 55.1 Å². The van der Waals surface area contributed by atoms with Crippen molar-refractivity contribution in [2.45, 2.75) is 45.3 Å². The summed E-state index contributed by atoms with van der Waals surface area (Å²) in [5, 5.41) is 0. The standard InChI is InChI=1S/C23H24BrN5O2S/c1-23(2,3)31-22(30)29-10-4-5-18(29)20-25-11-16(26-20)14-6-8-15(9-7-14)17-12-28-13-19(24)32-21(28)27-17/h6-9,11-13,18H,4-5,10H2,1-3H3,(H,25,26)/t18-/m0/s1. The van der Waals surface area contributed by atoms with Gasteiger partial charge in [-0.1, -0.05) is 35.6 Å². The summed E-state index contributed by atoms with van der Waals surface area (Å²) < 4.78 is 8.66. The summed E-state index contributed by atoms with van der Waals surface area (Å²) in [7, 11) is 0. The van der Waals surface area contributed by atoms with Crippen LogP contribution in [0.5, 0.6) is 0 Å². The van der Waals surface area contributed by atoms with E-state index in [2.05, 4.69) is 50.2 Å². The smallest absolute Gasteiger partial charge is 0.410 e. The minimum atomic E-state index is -0.513. The Morgan fingerprint density at radius 3 is 2.69 bits per heavy atom. The molecule has 0 spiro atoms. The number of carbonyl (C=O) groups excluding carboxylic acids is 1. The Morgan fingerprint density at radius 2 is 1.97 bits per heavy atom. The summed E-state index contributed by atoms with van der Waals surface area (Å²) in [5.41, 5.74) is 3.46. The summed E-state index contributed by atoms with van der Waals surface area (Å²) >= 11 is 5.10. The van der Waals surface area contributed by atoms with Gasteiger partial charge in [0, 0.05) is 24.5 Å². The number of halogens is 1. The van der Waals surface area contributed by atoms with Crippen molar-refractivity contribution in [1.82, 2.24) is 24.3 Å². The Bertz CT molecular complexity index is 1240. The first kappa shape index (κ1) is 21.2. The van der Waals surface area contributed by atoms with Gasteiger partial charge in [-0.2, -0.15) is 0 Å². The van der Waals surface area contributed by atoms with Crippen LogP contribution in [-0.4, -0.2) is 42.5 Å². The van der Waals surface area contributed by atoms with Crippen LogP contribution in [0.1, 0.15) is 45.5 Å². The predicted octanol–water partition coefficient (Wildman–Crippen LogP) is 6.29. The summed E-state index contributed by atoms with van der Waals surface area (Å²) in [6, 6.07) is 8.18. The Balaban J connectivity index is 1.34. The van der Waals surface area contributed by atoms with Gasteiger partial charge in [0.2, 0.25) is 0 Å². The highest BCUT2D eigenvalue weighted by Crippen LogP contribution is 2.33. The van der Waals surface area contributed by atoms with Gasteiger partial charge in [0.1, 0.15) is 11.4 Å². The molecule has 5 rings (SSSR count). The molecule has 4 aromatic rings. The first-order valence-corrected chi connectivity index (χ1v) is 12.2. The summed E-state index contributed by atoms with van der Waals surface area (Å²) in [5.74, 6) is 0.798. The molecule has 0 unspecified atom stereocenters. The maximum atomic E-state index is 12.6. The fraction of sp³-hybridized carbons (Fsp3) is 0.348. The molecular formula is C23H24BrN5O2S. The van der Waals surface area contributed by atoms with Crippen molar-refractivity contribution < 1.29 is 9.53 Å². The fourth-order valence-electron chi connectivity index (χ4n) is 3.97. The van der Waals surface area contributed by atoms with Crippen LogP contribution < -0.4 is 0 Å². The lowest BCUT2D eigenvalue weighted by molar-refractivity contribution is 0.0218. The van der Waals surface area contributed by atoms with E-state index in [9.17, 15) is 4.79 Å². The van der Waals surface area contributed by atoms with Crippen LogP contribution in [0.25, 0.3) is 27.5 Å². The zero-order valence-corrected chi connectivity index (χ0v) is 20.5. The van der Waals surface area contributed by atoms with Crippen molar-refractivity contribution in [2.24, 2.45) is 0 Å². The van der Waals surface area contributed by atoms with E-state index in [-0.39, 0.29) is 12.1 Å². The topological polar surface area (TPSA) is 75.5 Å². The molecule has 0 saturated carbocycles. The van der Waals surface area contributed by atoms with Crippen LogP contribution in [0.3, 0.4) is 0 Å². The highest BCUT2D eigenvalue weighted by atomic mass is 79.9. The predicted molar refractivity (Wildman–Crippen MR) is 129 cm³/mol. The monoisotopic (exact) mass is 513 g/mol. The van der Waals surface area contributed by atoms with Gasteiger partial charge in [0.05, 0.1) is 27.4 Å². The lowest BCUT2D eigenvalue weighted by atomic mass is 10.1. The molecular weight excluding hydrogens is 490 g/mol. The van der Waals surface area contributed by atoms with Crippen LogP contribution in [0.15, 0.2) is 46.6 Å². The number of ether oxygens (including phenoxy) is 1. The van der Waals surface area contributed by atoms with Crippen LogP contribution in [0.2, 0.25) is 0 Å². The minimum absolute atomic E-state index is 0.0873. The van der Waals surface area contributed by atoms with Crippen molar-refractivity contribution >= 4 is 38.3 Å².